The van der Waals surface area contributed by atoms with Crippen molar-refractivity contribution in [3.8, 4) is 16.8 Å². The first-order chi connectivity index (χ1) is 24.3. The standard InChI is InChI=1S/C46H30N2O/c1-3-14-31(15-4-1)35-19-9-11-22-40(35)47(34-27-29-38-37-21-10-12-25-43(37)49-44(38)30-34)41-23-13-24-42-45(41)39-28-26-32-16-7-8-20-36(32)46(39)48(42)33-17-5-2-6-18-33/h1-30H. The number of aromatic nitrogens is 1. The lowest BCUT2D eigenvalue weighted by atomic mass is 10.00. The Morgan fingerprint density at radius 3 is 2.00 bits per heavy atom. The number of nitrogens with zero attached hydrogens (tertiary/aromatic N) is 2. The third-order valence-electron chi connectivity index (χ3n) is 9.76. The number of anilines is 3. The van der Waals surface area contributed by atoms with E-state index in [4.69, 9.17) is 4.42 Å². The van der Waals surface area contributed by atoms with E-state index < -0.39 is 0 Å². The highest BCUT2D eigenvalue weighted by Crippen LogP contribution is 2.48. The molecule has 0 aliphatic carbocycles. The first-order valence-electron chi connectivity index (χ1n) is 16.7. The van der Waals surface area contributed by atoms with Gasteiger partial charge in [0.15, 0.2) is 0 Å². The molecule has 230 valence electrons. The number of hydrogen-bond acceptors (Lipinski definition) is 2. The first-order valence-corrected chi connectivity index (χ1v) is 16.7. The predicted octanol–water partition coefficient (Wildman–Crippen LogP) is 13.0. The van der Waals surface area contributed by atoms with Gasteiger partial charge in [-0.15, -0.1) is 0 Å². The molecule has 10 rings (SSSR count). The van der Waals surface area contributed by atoms with Crippen LogP contribution in [0.2, 0.25) is 0 Å². The minimum absolute atomic E-state index is 0.866. The smallest absolute Gasteiger partial charge is 0.137 e. The van der Waals surface area contributed by atoms with Crippen molar-refractivity contribution in [3.05, 3.63) is 182 Å². The van der Waals surface area contributed by atoms with Crippen molar-refractivity contribution >= 4 is 71.6 Å². The van der Waals surface area contributed by atoms with Crippen molar-refractivity contribution in [1.29, 1.82) is 0 Å². The summed E-state index contributed by atoms with van der Waals surface area (Å²) in [5.74, 6) is 0. The van der Waals surface area contributed by atoms with E-state index in [1.165, 1.54) is 27.1 Å². The minimum Gasteiger partial charge on any atom is -0.456 e. The van der Waals surface area contributed by atoms with E-state index in [1.807, 2.05) is 12.1 Å². The zero-order valence-electron chi connectivity index (χ0n) is 26.6. The van der Waals surface area contributed by atoms with Crippen molar-refractivity contribution in [2.75, 3.05) is 4.90 Å². The third kappa shape index (κ3) is 4.29. The summed E-state index contributed by atoms with van der Waals surface area (Å²) in [6.07, 6.45) is 0. The van der Waals surface area contributed by atoms with Gasteiger partial charge in [0.2, 0.25) is 0 Å². The third-order valence-corrected chi connectivity index (χ3v) is 9.76. The molecule has 0 N–H and O–H groups in total. The highest BCUT2D eigenvalue weighted by atomic mass is 16.3. The largest absolute Gasteiger partial charge is 0.456 e. The van der Waals surface area contributed by atoms with E-state index in [2.05, 4.69) is 179 Å². The molecule has 0 bridgehead atoms. The highest BCUT2D eigenvalue weighted by molar-refractivity contribution is 6.23. The molecule has 0 spiro atoms. The van der Waals surface area contributed by atoms with Crippen LogP contribution in [-0.4, -0.2) is 4.57 Å². The van der Waals surface area contributed by atoms with Gasteiger partial charge >= 0.3 is 0 Å². The second kappa shape index (κ2) is 11.0. The number of fused-ring (bicyclic) bond motifs is 8. The van der Waals surface area contributed by atoms with Gasteiger partial charge in [-0.3, -0.25) is 0 Å². The van der Waals surface area contributed by atoms with Crippen LogP contribution in [0.1, 0.15) is 0 Å². The number of hydrogen-bond donors (Lipinski definition) is 0. The van der Waals surface area contributed by atoms with Gasteiger partial charge in [0.1, 0.15) is 11.2 Å². The average Bonchev–Trinajstić information content (AvgIpc) is 3.72. The Hall–Kier alpha value is -6.58. The topological polar surface area (TPSA) is 21.3 Å². The van der Waals surface area contributed by atoms with E-state index in [9.17, 15) is 0 Å². The molecule has 0 amide bonds. The molecule has 8 aromatic carbocycles. The normalized spacial score (nSPS) is 11.7. The quantitative estimate of drug-likeness (QED) is 0.190. The Labute approximate surface area is 283 Å². The molecule has 49 heavy (non-hydrogen) atoms. The number of benzene rings is 8. The van der Waals surface area contributed by atoms with E-state index in [0.717, 1.165) is 61.3 Å². The van der Waals surface area contributed by atoms with Crippen molar-refractivity contribution in [2.24, 2.45) is 0 Å². The van der Waals surface area contributed by atoms with Crippen molar-refractivity contribution in [2.45, 2.75) is 0 Å². The van der Waals surface area contributed by atoms with Crippen LogP contribution < -0.4 is 4.90 Å². The fraction of sp³-hybridized carbons (Fsp3) is 0. The van der Waals surface area contributed by atoms with Gasteiger partial charge < -0.3 is 13.9 Å². The summed E-state index contributed by atoms with van der Waals surface area (Å²) in [4.78, 5) is 2.42. The lowest BCUT2D eigenvalue weighted by molar-refractivity contribution is 0.669. The molecular weight excluding hydrogens is 597 g/mol. The van der Waals surface area contributed by atoms with Crippen LogP contribution in [0.25, 0.3) is 71.3 Å². The predicted molar refractivity (Wildman–Crippen MR) is 206 cm³/mol. The molecule has 0 aliphatic heterocycles. The van der Waals surface area contributed by atoms with Crippen LogP contribution in [0.3, 0.4) is 0 Å². The highest BCUT2D eigenvalue weighted by Gasteiger charge is 2.24. The summed E-state index contributed by atoms with van der Waals surface area (Å²) in [6.45, 7) is 0. The fourth-order valence-electron chi connectivity index (χ4n) is 7.63. The Bertz CT molecular complexity index is 2830. The van der Waals surface area contributed by atoms with Gasteiger partial charge in [0.25, 0.3) is 0 Å². The summed E-state index contributed by atoms with van der Waals surface area (Å²) in [5, 5.41) is 7.09. The van der Waals surface area contributed by atoms with E-state index >= 15 is 0 Å². The van der Waals surface area contributed by atoms with Crippen LogP contribution in [0.5, 0.6) is 0 Å². The van der Waals surface area contributed by atoms with Gasteiger partial charge in [-0.25, -0.2) is 0 Å². The lowest BCUT2D eigenvalue weighted by Crippen LogP contribution is -2.11. The average molecular weight is 627 g/mol. The molecule has 2 heterocycles. The van der Waals surface area contributed by atoms with Crippen molar-refractivity contribution < 1.29 is 4.42 Å². The molecule has 0 fully saturated rings. The Kier molecular flexibility index (Phi) is 6.18. The van der Waals surface area contributed by atoms with Crippen LogP contribution in [-0.2, 0) is 0 Å². The molecule has 0 saturated heterocycles. The lowest BCUT2D eigenvalue weighted by Gasteiger charge is -2.28. The summed E-state index contributed by atoms with van der Waals surface area (Å²) >= 11 is 0. The summed E-state index contributed by atoms with van der Waals surface area (Å²) in [6, 6.07) is 65.0. The second-order valence-corrected chi connectivity index (χ2v) is 12.5. The van der Waals surface area contributed by atoms with Crippen molar-refractivity contribution in [1.82, 2.24) is 4.57 Å². The molecule has 0 saturated carbocycles. The maximum Gasteiger partial charge on any atom is 0.137 e. The van der Waals surface area contributed by atoms with Gasteiger partial charge in [0.05, 0.1) is 22.4 Å². The molecule has 0 radical (unpaired) electrons. The Morgan fingerprint density at radius 1 is 0.449 bits per heavy atom. The van der Waals surface area contributed by atoms with E-state index in [0.29, 0.717) is 0 Å². The van der Waals surface area contributed by atoms with Crippen molar-refractivity contribution in [3.63, 3.8) is 0 Å². The molecule has 3 nitrogen and oxygen atoms in total. The number of furan rings is 1. The first kappa shape index (κ1) is 27.5. The van der Waals surface area contributed by atoms with Crippen LogP contribution in [0, 0.1) is 0 Å². The van der Waals surface area contributed by atoms with E-state index in [1.54, 1.807) is 0 Å². The zero-order valence-corrected chi connectivity index (χ0v) is 26.6. The Balaban J connectivity index is 1.34. The number of rotatable bonds is 5. The summed E-state index contributed by atoms with van der Waals surface area (Å²) < 4.78 is 8.90. The minimum atomic E-state index is 0.866. The monoisotopic (exact) mass is 626 g/mol. The van der Waals surface area contributed by atoms with E-state index in [-0.39, 0.29) is 0 Å². The molecule has 3 heteroatoms. The number of para-hydroxylation sites is 3. The van der Waals surface area contributed by atoms with Crippen LogP contribution in [0.4, 0.5) is 17.1 Å². The second-order valence-electron chi connectivity index (χ2n) is 12.5. The van der Waals surface area contributed by atoms with Gasteiger partial charge in [0, 0.05) is 49.9 Å². The molecule has 2 aromatic heterocycles. The Morgan fingerprint density at radius 2 is 1.12 bits per heavy atom. The maximum absolute atomic E-state index is 6.47. The molecule has 10 aromatic rings. The molecule has 0 unspecified atom stereocenters. The SMILES string of the molecule is c1ccc(-c2ccccc2N(c2ccc3c(c2)oc2ccccc23)c2cccc3c2c2ccc4ccccc4c2n3-c2ccccc2)cc1. The van der Waals surface area contributed by atoms with Gasteiger partial charge in [-0.1, -0.05) is 127 Å². The summed E-state index contributed by atoms with van der Waals surface area (Å²) in [5.41, 5.74) is 10.8. The zero-order chi connectivity index (χ0) is 32.3. The van der Waals surface area contributed by atoms with Crippen LogP contribution >= 0.6 is 0 Å². The molecule has 0 atom stereocenters. The fourth-order valence-corrected chi connectivity index (χ4v) is 7.63. The van der Waals surface area contributed by atoms with Gasteiger partial charge in [-0.05, 0) is 59.5 Å². The van der Waals surface area contributed by atoms with Gasteiger partial charge in [-0.2, -0.15) is 0 Å². The molecular formula is C46H30N2O. The summed E-state index contributed by atoms with van der Waals surface area (Å²) in [7, 11) is 0. The molecule has 0 aliphatic rings. The van der Waals surface area contributed by atoms with Crippen LogP contribution in [0.15, 0.2) is 186 Å². The maximum atomic E-state index is 6.47.